The van der Waals surface area contributed by atoms with E-state index in [1.807, 2.05) is 26.0 Å². The number of alkyl halides is 2. The fourth-order valence-corrected chi connectivity index (χ4v) is 8.43. The summed E-state index contributed by atoms with van der Waals surface area (Å²) >= 11 is 15.5. The highest BCUT2D eigenvalue weighted by Crippen LogP contribution is 2.52. The summed E-state index contributed by atoms with van der Waals surface area (Å²) in [5.41, 5.74) is 11.3. The largest absolute Gasteiger partial charge is 0.490 e. The molecule has 0 fully saturated rings. The molecule has 0 saturated carbocycles. The van der Waals surface area contributed by atoms with Crippen LogP contribution in [0.3, 0.4) is 0 Å². The Morgan fingerprint density at radius 2 is 1.63 bits per heavy atom. The number of thiophene rings is 1. The molecular formula is C43H36Cl2F3N7O4S. The van der Waals surface area contributed by atoms with E-state index in [4.69, 9.17) is 47.9 Å². The second-order valence-corrected chi connectivity index (χ2v) is 15.5. The van der Waals surface area contributed by atoms with E-state index in [2.05, 4.69) is 30.2 Å². The van der Waals surface area contributed by atoms with Crippen LogP contribution in [0, 0.1) is 19.7 Å². The van der Waals surface area contributed by atoms with Gasteiger partial charge < -0.3 is 30.0 Å². The maximum absolute atomic E-state index is 14.1. The van der Waals surface area contributed by atoms with Crippen molar-refractivity contribution < 1.29 is 32.1 Å². The number of pyridine rings is 1. The maximum atomic E-state index is 14.1. The molecule has 3 N–H and O–H groups in total. The third kappa shape index (κ3) is 8.61. The molecule has 2 aliphatic heterocycles. The van der Waals surface area contributed by atoms with E-state index in [9.17, 15) is 13.2 Å². The van der Waals surface area contributed by atoms with Crippen LogP contribution in [0.1, 0.15) is 22.4 Å². The molecule has 0 radical (unpaired) electrons. The summed E-state index contributed by atoms with van der Waals surface area (Å²) in [4.78, 5) is 24.1. The van der Waals surface area contributed by atoms with Crippen molar-refractivity contribution in [1.29, 1.82) is 0 Å². The summed E-state index contributed by atoms with van der Waals surface area (Å²) in [7, 11) is 0. The van der Waals surface area contributed by atoms with Crippen LogP contribution in [0.25, 0.3) is 43.2 Å². The van der Waals surface area contributed by atoms with Gasteiger partial charge in [0.15, 0.2) is 11.6 Å². The van der Waals surface area contributed by atoms with Crippen LogP contribution in [-0.4, -0.2) is 63.8 Å². The SMILES string of the molecule is Cc1c(Cl)c2c(Cl)c(C)c1-c1c(-c3ccc(F)cc3)sc3ncnc(c13)OCCc1cc(ccc1OCc1ccnc(-c3ccc(NCC(N)C(F)F)nc3)n1)OCCO2. The van der Waals surface area contributed by atoms with Crippen molar-refractivity contribution in [1.82, 2.24) is 24.9 Å². The Morgan fingerprint density at radius 3 is 2.38 bits per heavy atom. The van der Waals surface area contributed by atoms with E-state index in [1.165, 1.54) is 29.8 Å². The highest BCUT2D eigenvalue weighted by atomic mass is 35.5. The molecule has 0 amide bonds. The van der Waals surface area contributed by atoms with Gasteiger partial charge >= 0.3 is 0 Å². The van der Waals surface area contributed by atoms with Gasteiger partial charge in [-0.2, -0.15) is 0 Å². The Kier molecular flexibility index (Phi) is 12.2. The van der Waals surface area contributed by atoms with Gasteiger partial charge in [0.25, 0.3) is 6.43 Å². The number of nitrogens with one attached hydrogen (secondary N) is 1. The van der Waals surface area contributed by atoms with Crippen LogP contribution < -0.4 is 30.0 Å². The number of halogens is 5. The van der Waals surface area contributed by atoms with E-state index in [0.29, 0.717) is 72.7 Å². The number of hydrogen-bond acceptors (Lipinski definition) is 12. The smallest absolute Gasteiger partial charge is 0.255 e. The van der Waals surface area contributed by atoms with Gasteiger partial charge in [-0.05, 0) is 84.6 Å². The van der Waals surface area contributed by atoms with E-state index >= 15 is 0 Å². The van der Waals surface area contributed by atoms with E-state index in [-0.39, 0.29) is 38.8 Å². The first-order valence-corrected chi connectivity index (χ1v) is 20.3. The zero-order chi connectivity index (χ0) is 41.9. The van der Waals surface area contributed by atoms with Gasteiger partial charge in [0.2, 0.25) is 5.88 Å². The number of hydrogen-bond donors (Lipinski definition) is 2. The van der Waals surface area contributed by atoms with Crippen molar-refractivity contribution in [2.24, 2.45) is 5.73 Å². The second-order valence-electron chi connectivity index (χ2n) is 13.8. The Labute approximate surface area is 356 Å². The minimum atomic E-state index is -2.64. The Balaban J connectivity index is 1.08. The Morgan fingerprint density at radius 1 is 0.867 bits per heavy atom. The predicted octanol–water partition coefficient (Wildman–Crippen LogP) is 9.92. The monoisotopic (exact) mass is 873 g/mol. The van der Waals surface area contributed by atoms with Crippen LogP contribution in [0.2, 0.25) is 10.0 Å². The summed E-state index contributed by atoms with van der Waals surface area (Å²) in [6.45, 7) is 4.37. The van der Waals surface area contributed by atoms with E-state index in [1.54, 1.807) is 48.8 Å². The van der Waals surface area contributed by atoms with Crippen LogP contribution in [0.4, 0.5) is 19.0 Å². The molecule has 17 heteroatoms. The van der Waals surface area contributed by atoms with Crippen LogP contribution in [0.5, 0.6) is 23.1 Å². The lowest BCUT2D eigenvalue weighted by Gasteiger charge is -2.20. The predicted molar refractivity (Wildman–Crippen MR) is 226 cm³/mol. The lowest BCUT2D eigenvalue weighted by molar-refractivity contribution is 0.121. The van der Waals surface area contributed by atoms with Crippen LogP contribution >= 0.6 is 34.5 Å². The molecule has 0 spiro atoms. The molecule has 308 valence electrons. The molecule has 1 atom stereocenters. The lowest BCUT2D eigenvalue weighted by Crippen LogP contribution is -2.36. The molecule has 0 saturated heterocycles. The fourth-order valence-electron chi connectivity index (χ4n) is 6.75. The number of fused-ring (bicyclic) bond motifs is 7. The molecule has 3 aromatic carbocycles. The summed E-state index contributed by atoms with van der Waals surface area (Å²) in [5.74, 6) is 2.34. The van der Waals surface area contributed by atoms with Crippen molar-refractivity contribution in [2.75, 3.05) is 31.7 Å². The van der Waals surface area contributed by atoms with Crippen molar-refractivity contribution >= 4 is 50.6 Å². The number of rotatable bonds is 9. The molecule has 4 aromatic heterocycles. The van der Waals surface area contributed by atoms with Crippen molar-refractivity contribution in [3.8, 4) is 56.1 Å². The first kappa shape index (κ1) is 41.0. The summed E-state index contributed by atoms with van der Waals surface area (Å²) in [6, 6.07) is 15.6. The Bertz CT molecular complexity index is 2640. The summed E-state index contributed by atoms with van der Waals surface area (Å²) < 4.78 is 64.8. The normalized spacial score (nSPS) is 13.3. The van der Waals surface area contributed by atoms with E-state index in [0.717, 1.165) is 38.3 Å². The van der Waals surface area contributed by atoms with E-state index < -0.39 is 12.5 Å². The number of anilines is 1. The molecule has 0 aliphatic carbocycles. The van der Waals surface area contributed by atoms with Gasteiger partial charge in [-0.3, -0.25) is 0 Å². The maximum Gasteiger partial charge on any atom is 0.255 e. The number of nitrogens with zero attached hydrogens (tertiary/aromatic N) is 5. The first-order chi connectivity index (χ1) is 29.0. The molecular weight excluding hydrogens is 838 g/mol. The molecule has 6 heterocycles. The van der Waals surface area contributed by atoms with Crippen molar-refractivity contribution in [3.63, 3.8) is 0 Å². The molecule has 4 bridgehead atoms. The second kappa shape index (κ2) is 17.9. The molecule has 2 aliphatic rings. The summed E-state index contributed by atoms with van der Waals surface area (Å²) in [6.07, 6.45) is 2.40. The standard InChI is InChI=1S/C43H36Cl2F3N7O4S/c1-22-33-23(2)37(45)38(36(22)44)57-16-15-56-29-8-9-31(59-20-28-11-13-50-41(55-28)26-5-10-32(51-18-26)52-19-30(49)40(47)48)25(17-29)12-14-58-42-35-34(33)39(60-43(35)54-21-53-42)24-3-6-27(46)7-4-24/h3-11,13,17-18,21,30,40H,12,14-16,19-20,49H2,1-2H3,(H,51,52). The topological polar surface area (TPSA) is 139 Å². The van der Waals surface area contributed by atoms with Crippen molar-refractivity contribution in [3.05, 3.63) is 118 Å². The fraction of sp³-hybridized carbons (Fsp3) is 0.233. The highest BCUT2D eigenvalue weighted by molar-refractivity contribution is 7.22. The zero-order valence-electron chi connectivity index (χ0n) is 32.1. The molecule has 60 heavy (non-hydrogen) atoms. The quantitative estimate of drug-likeness (QED) is 0.143. The highest BCUT2D eigenvalue weighted by Gasteiger charge is 2.28. The van der Waals surface area contributed by atoms with Gasteiger partial charge in [0, 0.05) is 46.9 Å². The van der Waals surface area contributed by atoms with Gasteiger partial charge in [0.05, 0.1) is 33.8 Å². The minimum absolute atomic E-state index is 0.115. The average Bonchev–Trinajstić information content (AvgIpc) is 3.64. The Hall–Kier alpha value is -5.74. The summed E-state index contributed by atoms with van der Waals surface area (Å²) in [5, 5.41) is 4.18. The van der Waals surface area contributed by atoms with Crippen LogP contribution in [-0.2, 0) is 13.0 Å². The number of benzene rings is 3. The molecule has 9 rings (SSSR count). The molecule has 7 aromatic rings. The minimum Gasteiger partial charge on any atom is -0.490 e. The van der Waals surface area contributed by atoms with Crippen molar-refractivity contribution in [2.45, 2.75) is 39.3 Å². The zero-order valence-corrected chi connectivity index (χ0v) is 34.5. The van der Waals surface area contributed by atoms with Gasteiger partial charge in [0.1, 0.15) is 54.1 Å². The van der Waals surface area contributed by atoms with Gasteiger partial charge in [-0.1, -0.05) is 35.3 Å². The number of nitrogens with two attached hydrogens (primary N) is 1. The third-order valence-electron chi connectivity index (χ3n) is 9.81. The van der Waals surface area contributed by atoms with Gasteiger partial charge in [-0.25, -0.2) is 38.1 Å². The van der Waals surface area contributed by atoms with Crippen LogP contribution in [0.15, 0.2) is 79.4 Å². The third-order valence-corrected chi connectivity index (χ3v) is 11.9. The average molecular weight is 875 g/mol. The molecule has 1 unspecified atom stereocenters. The number of ether oxygens (including phenoxy) is 4. The first-order valence-electron chi connectivity index (χ1n) is 18.8. The number of aromatic nitrogens is 5. The lowest BCUT2D eigenvalue weighted by atomic mass is 9.92. The molecule has 11 nitrogen and oxygen atoms in total. The van der Waals surface area contributed by atoms with Gasteiger partial charge in [-0.15, -0.1) is 11.3 Å².